The zero-order valence-corrected chi connectivity index (χ0v) is 21.4. The largest absolute Gasteiger partial charge is 0.497 e. The highest BCUT2D eigenvalue weighted by molar-refractivity contribution is 6.00. The molecule has 2 heterocycles. The highest BCUT2D eigenvalue weighted by Crippen LogP contribution is 2.35. The summed E-state index contributed by atoms with van der Waals surface area (Å²) < 4.78 is 12.7. The second-order valence-electron chi connectivity index (χ2n) is 9.28. The van der Waals surface area contributed by atoms with E-state index in [1.807, 2.05) is 48.5 Å². The lowest BCUT2D eigenvalue weighted by molar-refractivity contribution is 0.0937. The predicted octanol–water partition coefficient (Wildman–Crippen LogP) is 5.12. The summed E-state index contributed by atoms with van der Waals surface area (Å²) in [5.41, 5.74) is 3.95. The summed E-state index contributed by atoms with van der Waals surface area (Å²) >= 11 is 0. The number of carbonyl (C=O) groups excluding carboxylic acids is 1. The van der Waals surface area contributed by atoms with Crippen LogP contribution >= 0.6 is 0 Å². The van der Waals surface area contributed by atoms with Gasteiger partial charge in [-0.1, -0.05) is 48.5 Å². The third-order valence-electron chi connectivity index (χ3n) is 7.03. The highest BCUT2D eigenvalue weighted by Gasteiger charge is 2.30. The number of hydrogen-bond acceptors (Lipinski definition) is 5. The zero-order valence-electron chi connectivity index (χ0n) is 21.4. The number of carbonyl (C=O) groups is 1. The van der Waals surface area contributed by atoms with Gasteiger partial charge in [-0.25, -0.2) is 4.68 Å². The van der Waals surface area contributed by atoms with Crippen molar-refractivity contribution < 1.29 is 14.3 Å². The van der Waals surface area contributed by atoms with Gasteiger partial charge in [0, 0.05) is 43.0 Å². The fourth-order valence-electron chi connectivity index (χ4n) is 4.91. The van der Waals surface area contributed by atoms with Gasteiger partial charge in [0.05, 0.1) is 25.5 Å². The molecule has 0 bridgehead atoms. The van der Waals surface area contributed by atoms with Crippen LogP contribution < -0.4 is 14.8 Å². The first-order valence-electron chi connectivity index (χ1n) is 12.5. The molecule has 5 rings (SSSR count). The molecule has 1 N–H and O–H groups in total. The van der Waals surface area contributed by atoms with Crippen molar-refractivity contribution in [3.8, 4) is 28.4 Å². The monoisotopic (exact) mass is 496 g/mol. The molecule has 2 unspecified atom stereocenters. The molecule has 2 atom stereocenters. The fourth-order valence-corrected chi connectivity index (χ4v) is 4.91. The summed E-state index contributed by atoms with van der Waals surface area (Å²) in [4.78, 5) is 16.1. The minimum atomic E-state index is -0.144. The Morgan fingerprint density at radius 2 is 1.73 bits per heavy atom. The lowest BCUT2D eigenvalue weighted by atomic mass is 10.1. The Kier molecular flexibility index (Phi) is 7.23. The van der Waals surface area contributed by atoms with Crippen LogP contribution in [0.25, 0.3) is 16.9 Å². The number of rotatable bonds is 8. The van der Waals surface area contributed by atoms with Gasteiger partial charge in [0.2, 0.25) is 0 Å². The number of hydrogen-bond donors (Lipinski definition) is 1. The van der Waals surface area contributed by atoms with Gasteiger partial charge < -0.3 is 14.8 Å². The zero-order chi connectivity index (χ0) is 25.8. The Labute approximate surface area is 217 Å². The quantitative estimate of drug-likeness (QED) is 0.367. The maximum atomic E-state index is 13.7. The summed E-state index contributed by atoms with van der Waals surface area (Å²) in [6.45, 7) is 3.96. The van der Waals surface area contributed by atoms with Crippen LogP contribution in [0.3, 0.4) is 0 Å². The Balaban J connectivity index is 1.42. The summed E-state index contributed by atoms with van der Waals surface area (Å²) in [5, 5.41) is 8.08. The minimum Gasteiger partial charge on any atom is -0.497 e. The van der Waals surface area contributed by atoms with E-state index in [4.69, 9.17) is 14.6 Å². The predicted molar refractivity (Wildman–Crippen MR) is 144 cm³/mol. The van der Waals surface area contributed by atoms with Crippen LogP contribution in [0.2, 0.25) is 0 Å². The van der Waals surface area contributed by atoms with E-state index in [9.17, 15) is 4.79 Å². The van der Waals surface area contributed by atoms with E-state index in [1.165, 1.54) is 5.56 Å². The van der Waals surface area contributed by atoms with Crippen molar-refractivity contribution in [3.63, 3.8) is 0 Å². The molecule has 4 aromatic rings. The van der Waals surface area contributed by atoms with E-state index in [1.54, 1.807) is 31.2 Å². The lowest BCUT2D eigenvalue weighted by Gasteiger charge is -2.24. The first-order chi connectivity index (χ1) is 18.1. The molecule has 0 saturated carbocycles. The Bertz CT molecular complexity index is 1350. The van der Waals surface area contributed by atoms with E-state index < -0.39 is 0 Å². The number of nitrogens with one attached hydrogen (secondary N) is 1. The molecule has 1 amide bonds. The average molecular weight is 497 g/mol. The summed E-state index contributed by atoms with van der Waals surface area (Å²) in [7, 11) is 3.22. The molecule has 0 spiro atoms. The Morgan fingerprint density at radius 3 is 2.43 bits per heavy atom. The molecule has 1 saturated heterocycles. The van der Waals surface area contributed by atoms with Gasteiger partial charge in [-0.05, 0) is 43.2 Å². The number of nitrogens with zero attached hydrogens (tertiary/aromatic N) is 3. The summed E-state index contributed by atoms with van der Waals surface area (Å²) in [6, 6.07) is 26.2. The molecule has 1 aliphatic rings. The summed E-state index contributed by atoms with van der Waals surface area (Å²) in [5.74, 6) is 1.12. The van der Waals surface area contributed by atoms with Crippen LogP contribution in [0.4, 0.5) is 0 Å². The molecule has 37 heavy (non-hydrogen) atoms. The maximum absolute atomic E-state index is 13.7. The third kappa shape index (κ3) is 5.22. The number of ether oxygens (including phenoxy) is 2. The number of benzene rings is 3. The minimum absolute atomic E-state index is 0.0596. The normalized spacial score (nSPS) is 16.4. The topological polar surface area (TPSA) is 68.6 Å². The van der Waals surface area contributed by atoms with E-state index in [-0.39, 0.29) is 11.9 Å². The molecule has 1 fully saturated rings. The van der Waals surface area contributed by atoms with Crippen molar-refractivity contribution in [2.24, 2.45) is 0 Å². The SMILES string of the molecule is COc1ccc(-c2nn(-c3ccccc3)cc2C(=O)NC2CCN(C(C)c3ccccc3)C2)c(OC)c1. The number of likely N-dealkylation sites (tertiary alicyclic amines) is 1. The van der Waals surface area contributed by atoms with Crippen molar-refractivity contribution in [1.29, 1.82) is 0 Å². The smallest absolute Gasteiger partial charge is 0.255 e. The molecule has 1 aromatic heterocycles. The maximum Gasteiger partial charge on any atom is 0.255 e. The van der Waals surface area contributed by atoms with E-state index >= 15 is 0 Å². The van der Waals surface area contributed by atoms with Gasteiger partial charge in [0.1, 0.15) is 17.2 Å². The van der Waals surface area contributed by atoms with Gasteiger partial charge in [-0.2, -0.15) is 5.10 Å². The molecular weight excluding hydrogens is 464 g/mol. The van der Waals surface area contributed by atoms with Gasteiger partial charge in [-0.3, -0.25) is 9.69 Å². The average Bonchev–Trinajstić information content (AvgIpc) is 3.61. The number of para-hydroxylation sites is 1. The molecule has 1 aliphatic heterocycles. The standard InChI is InChI=1S/C30H32N4O3/c1-21(22-10-6-4-7-11-22)33-17-16-23(19-33)31-30(35)27-20-34(24-12-8-5-9-13-24)32-29(27)26-15-14-25(36-2)18-28(26)37-3/h4-15,18,20-21,23H,16-17,19H2,1-3H3,(H,31,35). The van der Waals surface area contributed by atoms with Crippen LogP contribution in [0.5, 0.6) is 11.5 Å². The lowest BCUT2D eigenvalue weighted by Crippen LogP contribution is -2.37. The first kappa shape index (κ1) is 24.6. The van der Waals surface area contributed by atoms with Crippen LogP contribution in [0, 0.1) is 0 Å². The molecular formula is C30H32N4O3. The first-order valence-corrected chi connectivity index (χ1v) is 12.5. The van der Waals surface area contributed by atoms with Crippen molar-refractivity contribution in [3.05, 3.63) is 96.2 Å². The van der Waals surface area contributed by atoms with Crippen molar-refractivity contribution in [1.82, 2.24) is 20.0 Å². The van der Waals surface area contributed by atoms with Gasteiger partial charge in [0.15, 0.2) is 0 Å². The second-order valence-corrected chi connectivity index (χ2v) is 9.28. The second kappa shape index (κ2) is 10.9. The Morgan fingerprint density at radius 1 is 1.00 bits per heavy atom. The molecule has 0 radical (unpaired) electrons. The van der Waals surface area contributed by atoms with Gasteiger partial charge in [0.25, 0.3) is 5.91 Å². The van der Waals surface area contributed by atoms with Gasteiger partial charge in [-0.15, -0.1) is 0 Å². The van der Waals surface area contributed by atoms with Gasteiger partial charge >= 0.3 is 0 Å². The molecule has 0 aliphatic carbocycles. The van der Waals surface area contributed by atoms with Crippen molar-refractivity contribution in [2.45, 2.75) is 25.4 Å². The van der Waals surface area contributed by atoms with Crippen molar-refractivity contribution in [2.75, 3.05) is 27.3 Å². The number of aromatic nitrogens is 2. The fraction of sp³-hybridized carbons (Fsp3) is 0.267. The highest BCUT2D eigenvalue weighted by atomic mass is 16.5. The van der Waals surface area contributed by atoms with Crippen LogP contribution in [0.1, 0.15) is 35.3 Å². The Hall–Kier alpha value is -4.10. The van der Waals surface area contributed by atoms with Crippen molar-refractivity contribution >= 4 is 5.91 Å². The third-order valence-corrected chi connectivity index (χ3v) is 7.03. The van der Waals surface area contributed by atoms with E-state index in [0.717, 1.165) is 30.8 Å². The van der Waals surface area contributed by atoms with Crippen LogP contribution in [0.15, 0.2) is 85.1 Å². The number of amides is 1. The van der Waals surface area contributed by atoms with E-state index in [0.29, 0.717) is 28.8 Å². The molecule has 7 nitrogen and oxygen atoms in total. The summed E-state index contributed by atoms with van der Waals surface area (Å²) in [6.07, 6.45) is 2.69. The van der Waals surface area contributed by atoms with E-state index in [2.05, 4.69) is 41.4 Å². The number of methoxy groups -OCH3 is 2. The van der Waals surface area contributed by atoms with Crippen LogP contribution in [-0.4, -0.2) is 53.9 Å². The molecule has 190 valence electrons. The molecule has 3 aromatic carbocycles. The molecule has 7 heteroatoms. The van der Waals surface area contributed by atoms with Crippen LogP contribution in [-0.2, 0) is 0 Å².